The maximum atomic E-state index is 6.25. The molecule has 2 atom stereocenters. The first-order valence-corrected chi connectivity index (χ1v) is 7.14. The number of anilines is 1. The molecule has 1 aromatic rings. The number of fused-ring (bicyclic) bond motifs is 2. The lowest BCUT2D eigenvalue weighted by atomic mass is 9.96. The fourth-order valence-corrected chi connectivity index (χ4v) is 3.76. The van der Waals surface area contributed by atoms with E-state index in [2.05, 4.69) is 14.9 Å². The highest BCUT2D eigenvalue weighted by Gasteiger charge is 2.41. The summed E-state index contributed by atoms with van der Waals surface area (Å²) in [5.41, 5.74) is 3.48. The first-order chi connectivity index (χ1) is 8.83. The predicted octanol–water partition coefficient (Wildman–Crippen LogP) is 3.35. The zero-order chi connectivity index (χ0) is 12.1. The van der Waals surface area contributed by atoms with Crippen LogP contribution in [-0.4, -0.2) is 22.1 Å². The van der Waals surface area contributed by atoms with Crippen molar-refractivity contribution in [3.05, 3.63) is 28.7 Å². The summed E-state index contributed by atoms with van der Waals surface area (Å²) in [7, 11) is 0. The molecule has 4 rings (SSSR count). The van der Waals surface area contributed by atoms with Gasteiger partial charge >= 0.3 is 0 Å². The molecule has 0 aromatic carbocycles. The van der Waals surface area contributed by atoms with Gasteiger partial charge in [0.15, 0.2) is 5.82 Å². The van der Waals surface area contributed by atoms with E-state index in [1.165, 1.54) is 38.5 Å². The van der Waals surface area contributed by atoms with Crippen molar-refractivity contribution in [2.75, 3.05) is 4.90 Å². The summed E-state index contributed by atoms with van der Waals surface area (Å²) in [6.45, 7) is 0. The second-order valence-corrected chi connectivity index (χ2v) is 6.01. The molecule has 1 saturated carbocycles. The number of hydrogen-bond acceptors (Lipinski definition) is 3. The van der Waals surface area contributed by atoms with Crippen LogP contribution in [0.3, 0.4) is 0 Å². The monoisotopic (exact) mass is 261 g/mol. The Kier molecular flexibility index (Phi) is 2.37. The van der Waals surface area contributed by atoms with Crippen molar-refractivity contribution in [2.24, 2.45) is 0 Å². The minimum absolute atomic E-state index is 0.610. The van der Waals surface area contributed by atoms with E-state index in [-0.39, 0.29) is 0 Å². The molecule has 0 N–H and O–H groups in total. The zero-order valence-electron chi connectivity index (χ0n) is 10.3. The van der Waals surface area contributed by atoms with Crippen molar-refractivity contribution in [3.8, 4) is 0 Å². The number of aromatic nitrogens is 2. The Bertz CT molecular complexity index is 504. The van der Waals surface area contributed by atoms with Crippen molar-refractivity contribution >= 4 is 17.4 Å². The minimum atomic E-state index is 0.610. The van der Waals surface area contributed by atoms with Gasteiger partial charge in [-0.15, -0.1) is 0 Å². The van der Waals surface area contributed by atoms with Gasteiger partial charge in [0.1, 0.15) is 11.3 Å². The molecule has 2 bridgehead atoms. The van der Waals surface area contributed by atoms with E-state index in [0.717, 1.165) is 5.82 Å². The maximum Gasteiger partial charge on any atom is 0.151 e. The Morgan fingerprint density at radius 2 is 1.83 bits per heavy atom. The van der Waals surface area contributed by atoms with Crippen LogP contribution in [0.5, 0.6) is 0 Å². The summed E-state index contributed by atoms with van der Waals surface area (Å²) in [6, 6.07) is 1.22. The van der Waals surface area contributed by atoms with E-state index in [0.29, 0.717) is 17.1 Å². The smallest absolute Gasteiger partial charge is 0.151 e. The van der Waals surface area contributed by atoms with Gasteiger partial charge in [0.2, 0.25) is 0 Å². The van der Waals surface area contributed by atoms with Gasteiger partial charge in [-0.3, -0.25) is 0 Å². The van der Waals surface area contributed by atoms with Crippen LogP contribution in [-0.2, 0) is 0 Å². The van der Waals surface area contributed by atoms with E-state index >= 15 is 0 Å². The lowest BCUT2D eigenvalue weighted by Gasteiger charge is -2.37. The first kappa shape index (κ1) is 10.8. The Balaban J connectivity index is 1.68. The second kappa shape index (κ2) is 3.95. The summed E-state index contributed by atoms with van der Waals surface area (Å²) in [5.74, 6) is 0.944. The van der Waals surface area contributed by atoms with Crippen molar-refractivity contribution in [2.45, 2.75) is 50.6 Å². The van der Waals surface area contributed by atoms with Crippen LogP contribution >= 0.6 is 11.6 Å². The highest BCUT2D eigenvalue weighted by Crippen LogP contribution is 2.46. The molecule has 2 aliphatic heterocycles. The molecule has 0 radical (unpaired) electrons. The molecular formula is C14H16ClN3. The van der Waals surface area contributed by atoms with Gasteiger partial charge in [-0.05, 0) is 38.5 Å². The summed E-state index contributed by atoms with van der Waals surface area (Å²) in [5, 5.41) is 0.692. The molecule has 3 nitrogen and oxygen atoms in total. The Labute approximate surface area is 112 Å². The highest BCUT2D eigenvalue weighted by atomic mass is 35.5. The van der Waals surface area contributed by atoms with Gasteiger partial charge in [0.25, 0.3) is 0 Å². The number of rotatable bonds is 1. The topological polar surface area (TPSA) is 29.0 Å². The number of hydrogen-bond donors (Lipinski definition) is 0. The Morgan fingerprint density at radius 1 is 1.11 bits per heavy atom. The molecule has 1 aromatic heterocycles. The molecule has 18 heavy (non-hydrogen) atoms. The Morgan fingerprint density at radius 3 is 2.44 bits per heavy atom. The van der Waals surface area contributed by atoms with Gasteiger partial charge in [-0.25, -0.2) is 9.97 Å². The van der Waals surface area contributed by atoms with Gasteiger partial charge in [0, 0.05) is 12.1 Å². The van der Waals surface area contributed by atoms with E-state index in [9.17, 15) is 0 Å². The van der Waals surface area contributed by atoms with Crippen LogP contribution in [0.15, 0.2) is 23.7 Å². The third-order valence-electron chi connectivity index (χ3n) is 4.48. The SMILES string of the molecule is Clc1cncnc1N1C2CCC1CC(=C1CC1)C2. The van der Waals surface area contributed by atoms with Crippen LogP contribution in [0.2, 0.25) is 5.02 Å². The first-order valence-electron chi connectivity index (χ1n) is 6.76. The zero-order valence-corrected chi connectivity index (χ0v) is 11.0. The molecule has 4 heteroatoms. The van der Waals surface area contributed by atoms with Crippen molar-refractivity contribution < 1.29 is 0 Å². The normalized spacial score (nSPS) is 29.9. The quantitative estimate of drug-likeness (QED) is 0.726. The van der Waals surface area contributed by atoms with Gasteiger partial charge < -0.3 is 4.90 Å². The lowest BCUT2D eigenvalue weighted by molar-refractivity contribution is 0.542. The minimum Gasteiger partial charge on any atom is -0.349 e. The number of nitrogens with zero attached hydrogens (tertiary/aromatic N) is 3. The standard InChI is InChI=1S/C14H16ClN3/c15-13-7-16-8-17-14(13)18-11-3-4-12(18)6-10(5-11)9-1-2-9/h7-8,11-12H,1-6H2. The summed E-state index contributed by atoms with van der Waals surface area (Å²) < 4.78 is 0. The third kappa shape index (κ3) is 1.64. The van der Waals surface area contributed by atoms with Crippen molar-refractivity contribution in [3.63, 3.8) is 0 Å². The Hall–Kier alpha value is -1.09. The van der Waals surface area contributed by atoms with Crippen LogP contribution in [0.4, 0.5) is 5.82 Å². The number of halogens is 1. The molecule has 2 unspecified atom stereocenters. The van der Waals surface area contributed by atoms with E-state index in [4.69, 9.17) is 11.6 Å². The van der Waals surface area contributed by atoms with Crippen LogP contribution in [0, 0.1) is 0 Å². The fourth-order valence-electron chi connectivity index (χ4n) is 3.56. The molecule has 0 spiro atoms. The summed E-state index contributed by atoms with van der Waals surface area (Å²) in [4.78, 5) is 10.8. The summed E-state index contributed by atoms with van der Waals surface area (Å²) in [6.07, 6.45) is 11.0. The van der Waals surface area contributed by atoms with E-state index in [1.807, 2.05) is 0 Å². The highest BCUT2D eigenvalue weighted by molar-refractivity contribution is 6.32. The molecular weight excluding hydrogens is 246 g/mol. The molecule has 3 fully saturated rings. The maximum absolute atomic E-state index is 6.25. The molecule has 94 valence electrons. The number of piperidine rings is 1. The van der Waals surface area contributed by atoms with E-state index < -0.39 is 0 Å². The largest absolute Gasteiger partial charge is 0.349 e. The van der Waals surface area contributed by atoms with E-state index in [1.54, 1.807) is 23.7 Å². The number of allylic oxidation sites excluding steroid dienone is 1. The van der Waals surface area contributed by atoms with Crippen LogP contribution in [0.1, 0.15) is 38.5 Å². The lowest BCUT2D eigenvalue weighted by Crippen LogP contribution is -2.41. The molecule has 3 heterocycles. The molecule has 1 aliphatic carbocycles. The summed E-state index contributed by atoms with van der Waals surface area (Å²) >= 11 is 6.25. The van der Waals surface area contributed by atoms with Crippen LogP contribution in [0.25, 0.3) is 0 Å². The third-order valence-corrected chi connectivity index (χ3v) is 4.74. The predicted molar refractivity (Wildman–Crippen MR) is 71.8 cm³/mol. The average Bonchev–Trinajstić information content (AvgIpc) is 3.17. The average molecular weight is 262 g/mol. The van der Waals surface area contributed by atoms with Gasteiger partial charge in [0.05, 0.1) is 6.20 Å². The molecule has 3 aliphatic rings. The molecule has 0 amide bonds. The fraction of sp³-hybridized carbons (Fsp3) is 0.571. The second-order valence-electron chi connectivity index (χ2n) is 5.60. The molecule has 2 saturated heterocycles. The van der Waals surface area contributed by atoms with Gasteiger partial charge in [-0.2, -0.15) is 0 Å². The van der Waals surface area contributed by atoms with Gasteiger partial charge in [-0.1, -0.05) is 22.7 Å². The van der Waals surface area contributed by atoms with Crippen molar-refractivity contribution in [1.82, 2.24) is 9.97 Å². The van der Waals surface area contributed by atoms with Crippen LogP contribution < -0.4 is 4.90 Å². The van der Waals surface area contributed by atoms with Crippen molar-refractivity contribution in [1.29, 1.82) is 0 Å².